The van der Waals surface area contributed by atoms with E-state index in [0.29, 0.717) is 12.3 Å². The minimum atomic E-state index is -0.422. The molecule has 0 amide bonds. The molecule has 0 aliphatic rings. The van der Waals surface area contributed by atoms with Crippen molar-refractivity contribution in [1.82, 2.24) is 0 Å². The number of carbonyl (C=O) groups is 2. The van der Waals surface area contributed by atoms with Crippen molar-refractivity contribution in [2.45, 2.75) is 34.2 Å². The van der Waals surface area contributed by atoms with E-state index in [-0.39, 0.29) is 12.3 Å². The first kappa shape index (κ1) is 14.4. The molecule has 4 nitrogen and oxygen atoms in total. The van der Waals surface area contributed by atoms with E-state index in [9.17, 15) is 9.59 Å². The maximum Gasteiger partial charge on any atom is 0.403 e. The van der Waals surface area contributed by atoms with Crippen LogP contribution in [0.3, 0.4) is 0 Å². The lowest BCUT2D eigenvalue weighted by molar-refractivity contribution is -0.687. The Bertz CT molecular complexity index is 447. The third-order valence-electron chi connectivity index (χ3n) is 2.58. The van der Waals surface area contributed by atoms with Gasteiger partial charge in [0.05, 0.1) is 6.61 Å². The first-order valence-corrected chi connectivity index (χ1v) is 6.05. The van der Waals surface area contributed by atoms with Crippen molar-refractivity contribution in [2.24, 2.45) is 5.41 Å². The van der Waals surface area contributed by atoms with Crippen LogP contribution in [-0.4, -0.2) is 18.4 Å². The lowest BCUT2D eigenvalue weighted by Crippen LogP contribution is -2.46. The van der Waals surface area contributed by atoms with Crippen LogP contribution >= 0.6 is 0 Å². The summed E-state index contributed by atoms with van der Waals surface area (Å²) in [5, 5.41) is 0. The highest BCUT2D eigenvalue weighted by Crippen LogP contribution is 2.14. The van der Waals surface area contributed by atoms with Gasteiger partial charge in [0, 0.05) is 17.5 Å². The molecule has 0 saturated carbocycles. The standard InChI is InChI=1S/C14H20NO3/c1-5-18-13(17)11-8-6-7-9-15(11)10-12(16)14(2,3)4/h6-9H,5,10H2,1-4H3/q+1. The number of ketones is 1. The van der Waals surface area contributed by atoms with Crippen LogP contribution < -0.4 is 4.57 Å². The second-order valence-corrected chi connectivity index (χ2v) is 5.11. The summed E-state index contributed by atoms with van der Waals surface area (Å²) in [7, 11) is 0. The van der Waals surface area contributed by atoms with Gasteiger partial charge in [0.1, 0.15) is 0 Å². The molecule has 0 bridgehead atoms. The van der Waals surface area contributed by atoms with Crippen LogP contribution in [0.5, 0.6) is 0 Å². The molecule has 0 radical (unpaired) electrons. The third kappa shape index (κ3) is 3.65. The Hall–Kier alpha value is -1.71. The largest absolute Gasteiger partial charge is 0.458 e. The van der Waals surface area contributed by atoms with Gasteiger partial charge >= 0.3 is 5.97 Å². The average Bonchev–Trinajstić information content (AvgIpc) is 2.28. The molecule has 0 N–H and O–H groups in total. The third-order valence-corrected chi connectivity index (χ3v) is 2.58. The maximum absolute atomic E-state index is 12.0. The van der Waals surface area contributed by atoms with Crippen molar-refractivity contribution in [3.05, 3.63) is 30.1 Å². The lowest BCUT2D eigenvalue weighted by Gasteiger charge is -2.14. The van der Waals surface area contributed by atoms with Crippen LogP contribution in [0.25, 0.3) is 0 Å². The monoisotopic (exact) mass is 250 g/mol. The number of rotatable bonds is 4. The van der Waals surface area contributed by atoms with E-state index in [0.717, 1.165) is 0 Å². The van der Waals surface area contributed by atoms with Crippen molar-refractivity contribution in [1.29, 1.82) is 0 Å². The summed E-state index contributed by atoms with van der Waals surface area (Å²) >= 11 is 0. The van der Waals surface area contributed by atoms with Crippen LogP contribution in [0.1, 0.15) is 38.2 Å². The minimum Gasteiger partial charge on any atom is -0.458 e. The molecule has 0 aliphatic heterocycles. The van der Waals surface area contributed by atoms with Gasteiger partial charge in [-0.05, 0) is 13.0 Å². The second-order valence-electron chi connectivity index (χ2n) is 5.11. The van der Waals surface area contributed by atoms with Crippen molar-refractivity contribution in [2.75, 3.05) is 6.61 Å². The van der Waals surface area contributed by atoms with Gasteiger partial charge in [-0.25, -0.2) is 4.79 Å². The summed E-state index contributed by atoms with van der Waals surface area (Å²) in [6.07, 6.45) is 1.72. The van der Waals surface area contributed by atoms with Crippen LogP contribution in [0.4, 0.5) is 0 Å². The number of pyridine rings is 1. The van der Waals surface area contributed by atoms with Gasteiger partial charge in [-0.15, -0.1) is 0 Å². The topological polar surface area (TPSA) is 47.2 Å². The zero-order valence-corrected chi connectivity index (χ0v) is 11.4. The first-order chi connectivity index (χ1) is 8.36. The molecule has 0 atom stereocenters. The highest BCUT2D eigenvalue weighted by atomic mass is 16.5. The van der Waals surface area contributed by atoms with Crippen LogP contribution in [-0.2, 0) is 16.1 Å². The molecule has 1 heterocycles. The Morgan fingerprint density at radius 3 is 2.50 bits per heavy atom. The highest BCUT2D eigenvalue weighted by molar-refractivity contribution is 5.86. The van der Waals surface area contributed by atoms with E-state index in [1.165, 1.54) is 0 Å². The summed E-state index contributed by atoms with van der Waals surface area (Å²) in [5.41, 5.74) is -0.0219. The predicted molar refractivity (Wildman–Crippen MR) is 67.1 cm³/mol. The van der Waals surface area contributed by atoms with Crippen molar-refractivity contribution in [3.63, 3.8) is 0 Å². The molecule has 18 heavy (non-hydrogen) atoms. The van der Waals surface area contributed by atoms with E-state index < -0.39 is 11.4 Å². The summed E-state index contributed by atoms with van der Waals surface area (Å²) in [6, 6.07) is 5.21. The van der Waals surface area contributed by atoms with Gasteiger partial charge in [0.25, 0.3) is 5.69 Å². The van der Waals surface area contributed by atoms with E-state index in [2.05, 4.69) is 0 Å². The SMILES string of the molecule is CCOC(=O)c1cccc[n+]1CC(=O)C(C)(C)C. The number of hydrogen-bond donors (Lipinski definition) is 0. The molecule has 1 rings (SSSR count). The number of esters is 1. The van der Waals surface area contributed by atoms with Crippen LogP contribution in [0, 0.1) is 5.41 Å². The van der Waals surface area contributed by atoms with E-state index in [1.54, 1.807) is 35.9 Å². The number of Topliss-reactive ketones (excluding diaryl/α,β-unsaturated/α-hetero) is 1. The number of carbonyl (C=O) groups excluding carboxylic acids is 2. The van der Waals surface area contributed by atoms with Crippen molar-refractivity contribution in [3.8, 4) is 0 Å². The van der Waals surface area contributed by atoms with Crippen molar-refractivity contribution < 1.29 is 18.9 Å². The summed E-state index contributed by atoms with van der Waals surface area (Å²) < 4.78 is 6.60. The zero-order valence-electron chi connectivity index (χ0n) is 11.4. The molecule has 0 aromatic carbocycles. The first-order valence-electron chi connectivity index (χ1n) is 6.05. The molecule has 4 heteroatoms. The number of hydrogen-bond acceptors (Lipinski definition) is 3. The summed E-state index contributed by atoms with van der Waals surface area (Å²) in [4.78, 5) is 23.7. The molecule has 0 fully saturated rings. The minimum absolute atomic E-state index is 0.0734. The quantitative estimate of drug-likeness (QED) is 0.604. The molecular formula is C14H20NO3+. The van der Waals surface area contributed by atoms with Gasteiger partial charge in [0.2, 0.25) is 12.3 Å². The molecule has 1 aromatic heterocycles. The fraction of sp³-hybridized carbons (Fsp3) is 0.500. The maximum atomic E-state index is 12.0. The number of aromatic nitrogens is 1. The molecule has 98 valence electrons. The van der Waals surface area contributed by atoms with E-state index >= 15 is 0 Å². The fourth-order valence-corrected chi connectivity index (χ4v) is 1.40. The zero-order chi connectivity index (χ0) is 13.8. The number of nitrogens with zero attached hydrogens (tertiary/aromatic N) is 1. The molecule has 1 aromatic rings. The van der Waals surface area contributed by atoms with Gasteiger partial charge in [0.15, 0.2) is 6.20 Å². The Morgan fingerprint density at radius 2 is 1.94 bits per heavy atom. The Labute approximate surface area is 108 Å². The molecule has 0 aliphatic carbocycles. The predicted octanol–water partition coefficient (Wildman–Crippen LogP) is 1.77. The van der Waals surface area contributed by atoms with E-state index in [4.69, 9.17) is 4.74 Å². The number of ether oxygens (including phenoxy) is 1. The smallest absolute Gasteiger partial charge is 0.403 e. The van der Waals surface area contributed by atoms with Crippen LogP contribution in [0.15, 0.2) is 24.4 Å². The van der Waals surface area contributed by atoms with Gasteiger partial charge in [-0.3, -0.25) is 4.79 Å². The molecule has 0 saturated heterocycles. The van der Waals surface area contributed by atoms with Crippen molar-refractivity contribution >= 4 is 11.8 Å². The van der Waals surface area contributed by atoms with Gasteiger partial charge < -0.3 is 4.74 Å². The fourth-order valence-electron chi connectivity index (χ4n) is 1.40. The Kier molecular flexibility index (Phi) is 4.59. The lowest BCUT2D eigenvalue weighted by atomic mass is 9.91. The molecular weight excluding hydrogens is 230 g/mol. The van der Waals surface area contributed by atoms with Gasteiger partial charge in [-0.2, -0.15) is 4.57 Å². The molecule has 0 unspecified atom stereocenters. The Morgan fingerprint density at radius 1 is 1.28 bits per heavy atom. The normalized spacial score (nSPS) is 11.1. The summed E-state index contributed by atoms with van der Waals surface area (Å²) in [6.45, 7) is 7.85. The second kappa shape index (κ2) is 5.76. The summed E-state index contributed by atoms with van der Waals surface area (Å²) in [5.74, 6) is -0.330. The highest BCUT2D eigenvalue weighted by Gasteiger charge is 2.28. The Balaban J connectivity index is 2.96. The molecule has 0 spiro atoms. The van der Waals surface area contributed by atoms with E-state index in [1.807, 2.05) is 20.8 Å². The van der Waals surface area contributed by atoms with Crippen LogP contribution in [0.2, 0.25) is 0 Å². The van der Waals surface area contributed by atoms with Gasteiger partial charge in [-0.1, -0.05) is 20.8 Å². The average molecular weight is 250 g/mol.